The van der Waals surface area contributed by atoms with Crippen molar-refractivity contribution in [1.29, 1.82) is 0 Å². The molecule has 1 aromatic carbocycles. The molecule has 0 radical (unpaired) electrons. The summed E-state index contributed by atoms with van der Waals surface area (Å²) in [5.74, 6) is -5.02. The van der Waals surface area contributed by atoms with Gasteiger partial charge in [-0.05, 0) is 32.4 Å². The van der Waals surface area contributed by atoms with Crippen LogP contribution in [0.4, 0.5) is 23.2 Å². The van der Waals surface area contributed by atoms with Crippen molar-refractivity contribution in [2.24, 2.45) is 0 Å². The van der Waals surface area contributed by atoms with Gasteiger partial charge < -0.3 is 9.64 Å². The highest BCUT2D eigenvalue weighted by atomic mass is 32.2. The van der Waals surface area contributed by atoms with Gasteiger partial charge in [0, 0.05) is 45.1 Å². The van der Waals surface area contributed by atoms with Crippen molar-refractivity contribution in [2.75, 3.05) is 31.1 Å². The van der Waals surface area contributed by atoms with E-state index in [1.54, 1.807) is 18.7 Å². The number of anilines is 1. The second-order valence-electron chi connectivity index (χ2n) is 9.02. The summed E-state index contributed by atoms with van der Waals surface area (Å²) in [7, 11) is -3.47. The normalized spacial score (nSPS) is 21.0. The first-order chi connectivity index (χ1) is 16.4. The summed E-state index contributed by atoms with van der Waals surface area (Å²) in [6.07, 6.45) is -0.585. The van der Waals surface area contributed by atoms with Crippen molar-refractivity contribution in [1.82, 2.24) is 14.1 Å². The molecule has 2 aliphatic rings. The van der Waals surface area contributed by atoms with Crippen molar-refractivity contribution >= 4 is 15.7 Å². The molecule has 2 aromatic rings. The molecule has 1 saturated carbocycles. The average Bonchev–Trinajstić information content (AvgIpc) is 3.12. The molecule has 192 valence electrons. The molecule has 1 saturated heterocycles. The fraction of sp³-hybridized carbons (Fsp3) is 0.545. The van der Waals surface area contributed by atoms with Gasteiger partial charge in [0.1, 0.15) is 23.4 Å². The molecule has 1 atom stereocenters. The third-order valence-electron chi connectivity index (χ3n) is 6.18. The molecule has 0 amide bonds. The van der Waals surface area contributed by atoms with Crippen LogP contribution in [0.5, 0.6) is 5.75 Å². The van der Waals surface area contributed by atoms with Crippen LogP contribution in [-0.2, 0) is 10.0 Å². The minimum atomic E-state index is -3.47. The monoisotopic (exact) mass is 518 g/mol. The van der Waals surface area contributed by atoms with Crippen LogP contribution in [0.1, 0.15) is 33.1 Å². The second-order valence-corrected chi connectivity index (χ2v) is 11.5. The number of sulfonamides is 1. The van der Waals surface area contributed by atoms with E-state index < -0.39 is 50.9 Å². The summed E-state index contributed by atoms with van der Waals surface area (Å²) in [5.41, 5.74) is -0.839. The van der Waals surface area contributed by atoms with Gasteiger partial charge in [-0.2, -0.15) is 14.1 Å². The molecule has 2 heterocycles. The van der Waals surface area contributed by atoms with E-state index >= 15 is 0 Å². The quantitative estimate of drug-likeness (QED) is 0.547. The van der Waals surface area contributed by atoms with Crippen LogP contribution in [0, 0.1) is 11.6 Å². The average molecular weight is 519 g/mol. The summed E-state index contributed by atoms with van der Waals surface area (Å²) in [6, 6.07) is 2.48. The molecule has 2 fully saturated rings. The number of benzene rings is 1. The number of piperazine rings is 1. The standard InChI is InChI=1S/C22H26F4N4O4S/c1-14(2)35(32,33)29-7-5-28(6-8-29)19-13-27-30(17-10-15(23)9-16(24)11-17)21(31)20(19)34-18-3-4-22(25,26)12-18/h9-11,13-14,18H,3-8,12H2,1-2H3. The summed E-state index contributed by atoms with van der Waals surface area (Å²) >= 11 is 0. The van der Waals surface area contributed by atoms with Crippen LogP contribution in [-0.4, -0.2) is 66.0 Å². The highest BCUT2D eigenvalue weighted by Crippen LogP contribution is 2.38. The number of hydrogen-bond acceptors (Lipinski definition) is 6. The van der Waals surface area contributed by atoms with Gasteiger partial charge >= 0.3 is 5.56 Å². The number of alkyl halides is 2. The minimum absolute atomic E-state index is 0.0310. The van der Waals surface area contributed by atoms with E-state index in [-0.39, 0.29) is 56.1 Å². The zero-order chi connectivity index (χ0) is 25.5. The van der Waals surface area contributed by atoms with Crippen molar-refractivity contribution in [3.05, 3.63) is 46.4 Å². The second kappa shape index (κ2) is 9.41. The largest absolute Gasteiger partial charge is 0.483 e. The van der Waals surface area contributed by atoms with Gasteiger partial charge in [-0.15, -0.1) is 0 Å². The Bertz CT molecular complexity index is 1240. The number of nitrogens with zero attached hydrogens (tertiary/aromatic N) is 4. The Morgan fingerprint density at radius 1 is 1.09 bits per heavy atom. The number of rotatable bonds is 6. The van der Waals surface area contributed by atoms with Crippen molar-refractivity contribution < 1.29 is 30.7 Å². The van der Waals surface area contributed by atoms with Crippen molar-refractivity contribution in [3.8, 4) is 11.4 Å². The Kier molecular flexibility index (Phi) is 6.84. The van der Waals surface area contributed by atoms with E-state index in [0.717, 1.165) is 16.8 Å². The first-order valence-electron chi connectivity index (χ1n) is 11.2. The molecule has 1 aliphatic heterocycles. The Morgan fingerprint density at radius 3 is 2.26 bits per heavy atom. The van der Waals surface area contributed by atoms with E-state index in [4.69, 9.17) is 4.74 Å². The Balaban J connectivity index is 1.69. The highest BCUT2D eigenvalue weighted by Gasteiger charge is 2.41. The van der Waals surface area contributed by atoms with E-state index in [0.29, 0.717) is 6.07 Å². The maximum absolute atomic E-state index is 13.8. The van der Waals surface area contributed by atoms with Crippen molar-refractivity contribution in [3.63, 3.8) is 0 Å². The summed E-state index contributed by atoms with van der Waals surface area (Å²) in [4.78, 5) is 15.0. The topological polar surface area (TPSA) is 84.7 Å². The number of halogens is 4. The van der Waals surface area contributed by atoms with E-state index in [1.165, 1.54) is 10.5 Å². The van der Waals surface area contributed by atoms with Gasteiger partial charge in [0.05, 0.1) is 17.1 Å². The molecule has 35 heavy (non-hydrogen) atoms. The lowest BCUT2D eigenvalue weighted by molar-refractivity contribution is -0.00117. The van der Waals surface area contributed by atoms with Gasteiger partial charge in [-0.25, -0.2) is 26.0 Å². The Morgan fingerprint density at radius 2 is 1.71 bits per heavy atom. The van der Waals surface area contributed by atoms with Crippen LogP contribution in [0.25, 0.3) is 5.69 Å². The fourth-order valence-corrected chi connectivity index (χ4v) is 5.54. The van der Waals surface area contributed by atoms with Crippen LogP contribution >= 0.6 is 0 Å². The summed E-state index contributed by atoms with van der Waals surface area (Å²) in [5, 5.41) is 3.45. The predicted octanol–water partition coefficient (Wildman–Crippen LogP) is 2.94. The third-order valence-corrected chi connectivity index (χ3v) is 8.46. The molecule has 0 N–H and O–H groups in total. The van der Waals surface area contributed by atoms with Crippen LogP contribution in [0.3, 0.4) is 0 Å². The van der Waals surface area contributed by atoms with Crippen LogP contribution in [0.2, 0.25) is 0 Å². The SMILES string of the molecule is CC(C)S(=O)(=O)N1CCN(c2cnn(-c3cc(F)cc(F)c3)c(=O)c2OC2CCC(F)(F)C2)CC1. The molecule has 13 heteroatoms. The molecule has 0 spiro atoms. The molecule has 8 nitrogen and oxygen atoms in total. The van der Waals surface area contributed by atoms with Crippen LogP contribution < -0.4 is 15.2 Å². The van der Waals surface area contributed by atoms with Gasteiger partial charge in [0.2, 0.25) is 15.8 Å². The van der Waals surface area contributed by atoms with E-state index in [9.17, 15) is 30.8 Å². The molecule has 1 aromatic heterocycles. The van der Waals surface area contributed by atoms with Gasteiger partial charge in [-0.3, -0.25) is 4.79 Å². The molecule has 4 rings (SSSR count). The Hall–Kier alpha value is -2.67. The lowest BCUT2D eigenvalue weighted by atomic mass is 10.2. The number of ether oxygens (including phenoxy) is 1. The van der Waals surface area contributed by atoms with Gasteiger partial charge in [0.25, 0.3) is 5.92 Å². The Labute approximate surface area is 200 Å². The first kappa shape index (κ1) is 25.4. The highest BCUT2D eigenvalue weighted by molar-refractivity contribution is 7.89. The lowest BCUT2D eigenvalue weighted by Gasteiger charge is -2.36. The lowest BCUT2D eigenvalue weighted by Crippen LogP contribution is -2.50. The first-order valence-corrected chi connectivity index (χ1v) is 12.7. The maximum Gasteiger partial charge on any atom is 0.316 e. The molecular formula is C22H26F4N4O4S. The van der Waals surface area contributed by atoms with Gasteiger partial charge in [-0.1, -0.05) is 0 Å². The van der Waals surface area contributed by atoms with E-state index in [1.807, 2.05) is 0 Å². The van der Waals surface area contributed by atoms with Crippen molar-refractivity contribution in [2.45, 2.75) is 50.4 Å². The minimum Gasteiger partial charge on any atom is -0.483 e. The van der Waals surface area contributed by atoms with Gasteiger partial charge in [0.15, 0.2) is 0 Å². The van der Waals surface area contributed by atoms with E-state index in [2.05, 4.69) is 5.10 Å². The fourth-order valence-electron chi connectivity index (χ4n) is 4.27. The molecule has 1 unspecified atom stereocenters. The smallest absolute Gasteiger partial charge is 0.316 e. The maximum atomic E-state index is 13.8. The summed E-state index contributed by atoms with van der Waals surface area (Å²) in [6.45, 7) is 3.90. The number of hydrogen-bond donors (Lipinski definition) is 0. The molecule has 0 bridgehead atoms. The molecule has 1 aliphatic carbocycles. The predicted molar refractivity (Wildman–Crippen MR) is 121 cm³/mol. The zero-order valence-electron chi connectivity index (χ0n) is 19.3. The third kappa shape index (κ3) is 5.30. The van der Waals surface area contributed by atoms with Crippen LogP contribution in [0.15, 0.2) is 29.2 Å². The molecular weight excluding hydrogens is 492 g/mol. The summed E-state index contributed by atoms with van der Waals surface area (Å²) < 4.78 is 87.9. The number of aromatic nitrogens is 2. The zero-order valence-corrected chi connectivity index (χ0v) is 20.1.